The maximum absolute atomic E-state index is 12.5. The van der Waals surface area contributed by atoms with Crippen LogP contribution in [-0.4, -0.2) is 21.6 Å². The van der Waals surface area contributed by atoms with Crippen LogP contribution in [0.25, 0.3) is 10.2 Å². The Labute approximate surface area is 149 Å². The van der Waals surface area contributed by atoms with Crippen LogP contribution in [0.15, 0.2) is 41.6 Å². The highest BCUT2D eigenvalue weighted by Crippen LogP contribution is 2.30. The van der Waals surface area contributed by atoms with Gasteiger partial charge < -0.3 is 5.32 Å². The molecule has 130 valence electrons. The van der Waals surface area contributed by atoms with E-state index in [2.05, 4.69) is 15.3 Å². The van der Waals surface area contributed by atoms with Gasteiger partial charge in [-0.3, -0.25) is 4.79 Å². The molecule has 1 amide bonds. The number of carbonyl (C=O) groups excluding carboxylic acids is 1. The molecule has 0 spiro atoms. The van der Waals surface area contributed by atoms with E-state index in [0.29, 0.717) is 10.2 Å². The highest BCUT2D eigenvalue weighted by atomic mass is 32.2. The number of pyridine rings is 1. The molecule has 0 atom stereocenters. The number of hydrogen-bond acceptors (Lipinski definition) is 5. The standard InChI is InChI=1S/C16H12F3N3OS2/c1-9-2-4-11-12(6-9)25-15(21-11)22-13(23)8-24-14-5-3-10(7-20-14)16(17,18)19/h2-7H,8H2,1H3,(H,21,22,23). The van der Waals surface area contributed by atoms with Gasteiger partial charge in [0.15, 0.2) is 5.13 Å². The molecule has 0 unspecified atom stereocenters. The van der Waals surface area contributed by atoms with Crippen LogP contribution in [0.4, 0.5) is 18.3 Å². The Morgan fingerprint density at radius 3 is 2.76 bits per heavy atom. The summed E-state index contributed by atoms with van der Waals surface area (Å²) in [5, 5.41) is 3.54. The molecule has 0 bridgehead atoms. The molecule has 3 aromatic rings. The van der Waals surface area contributed by atoms with Gasteiger partial charge in [-0.05, 0) is 36.8 Å². The molecule has 0 aliphatic rings. The van der Waals surface area contributed by atoms with Gasteiger partial charge >= 0.3 is 6.18 Å². The summed E-state index contributed by atoms with van der Waals surface area (Å²) in [4.78, 5) is 20.0. The number of amides is 1. The van der Waals surface area contributed by atoms with Crippen LogP contribution in [-0.2, 0) is 11.0 Å². The molecule has 0 radical (unpaired) electrons. The van der Waals surface area contributed by atoms with Crippen LogP contribution in [0.1, 0.15) is 11.1 Å². The lowest BCUT2D eigenvalue weighted by molar-refractivity contribution is -0.137. The number of aromatic nitrogens is 2. The fourth-order valence-corrected chi connectivity index (χ4v) is 3.64. The number of aryl methyl sites for hydroxylation is 1. The number of carbonyl (C=O) groups is 1. The highest BCUT2D eigenvalue weighted by Gasteiger charge is 2.30. The largest absolute Gasteiger partial charge is 0.417 e. The number of hydrogen-bond donors (Lipinski definition) is 1. The molecule has 3 rings (SSSR count). The Morgan fingerprint density at radius 2 is 2.08 bits per heavy atom. The molecule has 9 heteroatoms. The normalized spacial score (nSPS) is 11.7. The smallest absolute Gasteiger partial charge is 0.301 e. The molecule has 4 nitrogen and oxygen atoms in total. The van der Waals surface area contributed by atoms with Crippen molar-refractivity contribution in [3.8, 4) is 0 Å². The van der Waals surface area contributed by atoms with Gasteiger partial charge in [-0.1, -0.05) is 29.2 Å². The van der Waals surface area contributed by atoms with E-state index in [1.165, 1.54) is 17.4 Å². The molecule has 0 saturated carbocycles. The summed E-state index contributed by atoms with van der Waals surface area (Å²) in [5.41, 5.74) is 1.10. The minimum absolute atomic E-state index is 0.0350. The molecule has 0 fully saturated rings. The topological polar surface area (TPSA) is 54.9 Å². The van der Waals surface area contributed by atoms with Crippen molar-refractivity contribution in [1.82, 2.24) is 9.97 Å². The highest BCUT2D eigenvalue weighted by molar-refractivity contribution is 7.99. The molecular formula is C16H12F3N3OS2. The van der Waals surface area contributed by atoms with Crippen LogP contribution in [0.5, 0.6) is 0 Å². The van der Waals surface area contributed by atoms with Crippen molar-refractivity contribution in [3.05, 3.63) is 47.7 Å². The molecule has 0 aliphatic heterocycles. The summed E-state index contributed by atoms with van der Waals surface area (Å²) >= 11 is 2.44. The van der Waals surface area contributed by atoms with Gasteiger partial charge in [0, 0.05) is 6.20 Å². The number of benzene rings is 1. The number of rotatable bonds is 4. The average molecular weight is 383 g/mol. The maximum Gasteiger partial charge on any atom is 0.417 e. The van der Waals surface area contributed by atoms with Crippen LogP contribution >= 0.6 is 23.1 Å². The van der Waals surface area contributed by atoms with Crippen LogP contribution in [0.2, 0.25) is 0 Å². The fourth-order valence-electron chi connectivity index (χ4n) is 2.01. The van der Waals surface area contributed by atoms with Crippen molar-refractivity contribution in [2.24, 2.45) is 0 Å². The Bertz CT molecular complexity index is 907. The predicted octanol–water partition coefficient (Wildman–Crippen LogP) is 4.75. The first kappa shape index (κ1) is 17.7. The summed E-state index contributed by atoms with van der Waals surface area (Å²) in [6.45, 7) is 1.98. The van der Waals surface area contributed by atoms with E-state index in [0.717, 1.165) is 39.8 Å². The van der Waals surface area contributed by atoms with Gasteiger partial charge in [0.05, 0.1) is 26.6 Å². The number of fused-ring (bicyclic) bond motifs is 1. The maximum atomic E-state index is 12.5. The summed E-state index contributed by atoms with van der Waals surface area (Å²) in [6, 6.07) is 8.02. The van der Waals surface area contributed by atoms with Crippen molar-refractivity contribution < 1.29 is 18.0 Å². The van der Waals surface area contributed by atoms with Gasteiger partial charge in [-0.2, -0.15) is 13.2 Å². The van der Waals surface area contributed by atoms with Crippen LogP contribution in [0.3, 0.4) is 0 Å². The van der Waals surface area contributed by atoms with Crippen molar-refractivity contribution >= 4 is 44.4 Å². The van der Waals surface area contributed by atoms with E-state index in [9.17, 15) is 18.0 Å². The van der Waals surface area contributed by atoms with Crippen molar-refractivity contribution in [1.29, 1.82) is 0 Å². The number of thioether (sulfide) groups is 1. The number of nitrogens with zero attached hydrogens (tertiary/aromatic N) is 2. The quantitative estimate of drug-likeness (QED) is 0.661. The summed E-state index contributed by atoms with van der Waals surface area (Å²) in [7, 11) is 0. The molecule has 1 aromatic carbocycles. The second-order valence-electron chi connectivity index (χ2n) is 5.21. The number of halogens is 3. The zero-order valence-corrected chi connectivity index (χ0v) is 14.6. The number of thiazole rings is 1. The second-order valence-corrected chi connectivity index (χ2v) is 7.24. The van der Waals surface area contributed by atoms with Gasteiger partial charge in [0.2, 0.25) is 5.91 Å². The third-order valence-electron chi connectivity index (χ3n) is 3.21. The Morgan fingerprint density at radius 1 is 1.28 bits per heavy atom. The van der Waals surface area contributed by atoms with E-state index in [-0.39, 0.29) is 11.7 Å². The summed E-state index contributed by atoms with van der Waals surface area (Å²) < 4.78 is 38.4. The first-order valence-electron chi connectivity index (χ1n) is 7.14. The Kier molecular flexibility index (Phi) is 4.96. The van der Waals surface area contributed by atoms with Gasteiger partial charge in [0.25, 0.3) is 0 Å². The van der Waals surface area contributed by atoms with E-state index in [1.54, 1.807) is 0 Å². The summed E-state index contributed by atoms with van der Waals surface area (Å²) in [5.74, 6) is -0.254. The minimum Gasteiger partial charge on any atom is -0.301 e. The van der Waals surface area contributed by atoms with Crippen molar-refractivity contribution in [3.63, 3.8) is 0 Å². The average Bonchev–Trinajstić information content (AvgIpc) is 2.93. The van der Waals surface area contributed by atoms with E-state index >= 15 is 0 Å². The zero-order chi connectivity index (χ0) is 18.0. The lowest BCUT2D eigenvalue weighted by Gasteiger charge is -2.06. The van der Waals surface area contributed by atoms with Crippen molar-refractivity contribution in [2.75, 3.05) is 11.1 Å². The lowest BCUT2D eigenvalue weighted by Crippen LogP contribution is -2.14. The lowest BCUT2D eigenvalue weighted by atomic mass is 10.2. The zero-order valence-electron chi connectivity index (χ0n) is 12.9. The summed E-state index contributed by atoms with van der Waals surface area (Å²) in [6.07, 6.45) is -3.66. The molecule has 0 saturated heterocycles. The number of alkyl halides is 3. The molecule has 0 aliphatic carbocycles. The number of anilines is 1. The Hall–Kier alpha value is -2.13. The monoisotopic (exact) mass is 383 g/mol. The molecule has 2 heterocycles. The number of nitrogens with one attached hydrogen (secondary N) is 1. The predicted molar refractivity (Wildman–Crippen MR) is 92.9 cm³/mol. The van der Waals surface area contributed by atoms with E-state index in [1.807, 2.05) is 25.1 Å². The molecule has 25 heavy (non-hydrogen) atoms. The third kappa shape index (κ3) is 4.49. The SMILES string of the molecule is Cc1ccc2nc(NC(=O)CSc3ccc(C(F)(F)F)cn3)sc2c1. The van der Waals surface area contributed by atoms with Crippen LogP contribution in [0, 0.1) is 6.92 Å². The molecule has 1 N–H and O–H groups in total. The second kappa shape index (κ2) is 7.01. The first-order chi connectivity index (χ1) is 11.8. The van der Waals surface area contributed by atoms with Gasteiger partial charge in [0.1, 0.15) is 0 Å². The first-order valence-corrected chi connectivity index (χ1v) is 8.94. The van der Waals surface area contributed by atoms with Crippen molar-refractivity contribution in [2.45, 2.75) is 18.1 Å². The van der Waals surface area contributed by atoms with E-state index in [4.69, 9.17) is 0 Å². The molecular weight excluding hydrogens is 371 g/mol. The minimum atomic E-state index is -4.42. The Balaban J connectivity index is 1.58. The van der Waals surface area contributed by atoms with Gasteiger partial charge in [-0.15, -0.1) is 0 Å². The fraction of sp³-hybridized carbons (Fsp3) is 0.188. The van der Waals surface area contributed by atoms with Gasteiger partial charge in [-0.25, -0.2) is 9.97 Å². The van der Waals surface area contributed by atoms with Crippen LogP contribution < -0.4 is 5.32 Å². The third-order valence-corrected chi connectivity index (χ3v) is 5.08. The van der Waals surface area contributed by atoms with E-state index < -0.39 is 11.7 Å². The molecule has 2 aromatic heterocycles.